The second-order valence-electron chi connectivity index (χ2n) is 9.98. The molecule has 0 amide bonds. The highest BCUT2D eigenvalue weighted by Crippen LogP contribution is 2.27. The summed E-state index contributed by atoms with van der Waals surface area (Å²) in [6.45, 7) is 2.26. The monoisotopic (exact) mass is 564 g/mol. The SMILES string of the molecule is CCCCCCCCCCCCCCCCCCOC(=O)C(CCc1ccccc1)OS(=O)(=O)C(F)(F)F. The summed E-state index contributed by atoms with van der Waals surface area (Å²) in [4.78, 5) is 12.4. The molecule has 0 spiro atoms. The molecular formula is C29H47F3O5S. The van der Waals surface area contributed by atoms with Crippen molar-refractivity contribution < 1.29 is 35.3 Å². The van der Waals surface area contributed by atoms with Gasteiger partial charge in [-0.05, 0) is 24.8 Å². The maximum absolute atomic E-state index is 12.8. The Labute approximate surface area is 228 Å². The van der Waals surface area contributed by atoms with Gasteiger partial charge in [-0.15, -0.1) is 0 Å². The Morgan fingerprint density at radius 1 is 0.763 bits per heavy atom. The molecular weight excluding hydrogens is 517 g/mol. The normalized spacial score (nSPS) is 12.9. The van der Waals surface area contributed by atoms with E-state index in [4.69, 9.17) is 4.74 Å². The Morgan fingerprint density at radius 3 is 1.66 bits per heavy atom. The second-order valence-corrected chi connectivity index (χ2v) is 11.5. The lowest BCUT2D eigenvalue weighted by molar-refractivity contribution is -0.153. The lowest BCUT2D eigenvalue weighted by Gasteiger charge is -2.17. The number of rotatable bonds is 23. The predicted octanol–water partition coefficient (Wildman–Crippen LogP) is 8.66. The van der Waals surface area contributed by atoms with E-state index in [0.717, 1.165) is 24.8 Å². The average Bonchev–Trinajstić information content (AvgIpc) is 2.88. The fourth-order valence-electron chi connectivity index (χ4n) is 4.27. The summed E-state index contributed by atoms with van der Waals surface area (Å²) in [5.41, 5.74) is -4.86. The van der Waals surface area contributed by atoms with Gasteiger partial charge in [0, 0.05) is 0 Å². The Kier molecular flexibility index (Phi) is 18.4. The smallest absolute Gasteiger partial charge is 0.464 e. The summed E-state index contributed by atoms with van der Waals surface area (Å²) < 4.78 is 70.6. The molecule has 0 saturated carbocycles. The number of unbranched alkanes of at least 4 members (excludes halogenated alkanes) is 15. The van der Waals surface area contributed by atoms with Crippen LogP contribution in [0.5, 0.6) is 0 Å². The third-order valence-electron chi connectivity index (χ3n) is 6.57. The lowest BCUT2D eigenvalue weighted by Crippen LogP contribution is -2.35. The van der Waals surface area contributed by atoms with E-state index in [-0.39, 0.29) is 19.4 Å². The summed E-state index contributed by atoms with van der Waals surface area (Å²) in [6, 6.07) is 8.73. The molecule has 0 bridgehead atoms. The minimum atomic E-state index is -5.91. The first kappa shape index (κ1) is 34.4. The molecule has 1 atom stereocenters. The molecule has 1 unspecified atom stereocenters. The molecule has 1 aromatic rings. The van der Waals surface area contributed by atoms with Crippen LogP contribution in [-0.2, 0) is 30.3 Å². The highest BCUT2D eigenvalue weighted by Gasteiger charge is 2.49. The molecule has 1 rings (SSSR count). The molecule has 9 heteroatoms. The van der Waals surface area contributed by atoms with Crippen LogP contribution < -0.4 is 0 Å². The van der Waals surface area contributed by atoms with Crippen molar-refractivity contribution >= 4 is 16.1 Å². The van der Waals surface area contributed by atoms with Crippen LogP contribution in [0.2, 0.25) is 0 Å². The van der Waals surface area contributed by atoms with Gasteiger partial charge in [0.15, 0.2) is 6.10 Å². The summed E-state index contributed by atoms with van der Waals surface area (Å²) in [5, 5.41) is 0. The first-order valence-electron chi connectivity index (χ1n) is 14.4. The lowest BCUT2D eigenvalue weighted by atomic mass is 10.0. The minimum Gasteiger partial charge on any atom is -0.464 e. The highest BCUT2D eigenvalue weighted by molar-refractivity contribution is 7.87. The number of ether oxygens (including phenoxy) is 1. The van der Waals surface area contributed by atoms with E-state index in [2.05, 4.69) is 11.1 Å². The van der Waals surface area contributed by atoms with Gasteiger partial charge in [0.05, 0.1) is 6.61 Å². The first-order chi connectivity index (χ1) is 18.2. The van der Waals surface area contributed by atoms with Crippen molar-refractivity contribution in [1.82, 2.24) is 0 Å². The van der Waals surface area contributed by atoms with Crippen molar-refractivity contribution in [2.45, 2.75) is 134 Å². The van der Waals surface area contributed by atoms with Crippen molar-refractivity contribution in [3.05, 3.63) is 35.9 Å². The molecule has 0 N–H and O–H groups in total. The van der Waals surface area contributed by atoms with Crippen molar-refractivity contribution in [1.29, 1.82) is 0 Å². The Balaban J connectivity index is 2.18. The predicted molar refractivity (Wildman–Crippen MR) is 145 cm³/mol. The molecule has 0 fully saturated rings. The van der Waals surface area contributed by atoms with Gasteiger partial charge in [-0.2, -0.15) is 21.6 Å². The van der Waals surface area contributed by atoms with Gasteiger partial charge in [0.1, 0.15) is 0 Å². The van der Waals surface area contributed by atoms with Gasteiger partial charge in [-0.3, -0.25) is 0 Å². The van der Waals surface area contributed by atoms with Gasteiger partial charge in [-0.25, -0.2) is 8.98 Å². The van der Waals surface area contributed by atoms with Crippen LogP contribution >= 0.6 is 0 Å². The van der Waals surface area contributed by atoms with Gasteiger partial charge in [0.25, 0.3) is 0 Å². The van der Waals surface area contributed by atoms with Gasteiger partial charge in [-0.1, -0.05) is 134 Å². The number of esters is 1. The fraction of sp³-hybridized carbons (Fsp3) is 0.759. The molecule has 0 heterocycles. The van der Waals surface area contributed by atoms with E-state index in [0.29, 0.717) is 6.42 Å². The maximum Gasteiger partial charge on any atom is 0.523 e. The summed E-state index contributed by atoms with van der Waals surface area (Å²) in [7, 11) is -5.91. The third-order valence-corrected chi connectivity index (χ3v) is 7.62. The molecule has 220 valence electrons. The third kappa shape index (κ3) is 16.4. The number of benzene rings is 1. The number of carbonyl (C=O) groups is 1. The number of halogens is 3. The van der Waals surface area contributed by atoms with Crippen molar-refractivity contribution in [3.8, 4) is 0 Å². The highest BCUT2D eigenvalue weighted by atomic mass is 32.2. The zero-order valence-electron chi connectivity index (χ0n) is 23.0. The van der Waals surface area contributed by atoms with Gasteiger partial charge < -0.3 is 4.74 Å². The number of alkyl halides is 3. The van der Waals surface area contributed by atoms with E-state index in [1.165, 1.54) is 77.0 Å². The fourth-order valence-corrected chi connectivity index (χ4v) is 4.86. The number of aryl methyl sites for hydroxylation is 1. The van der Waals surface area contributed by atoms with Crippen LogP contribution in [0, 0.1) is 0 Å². The van der Waals surface area contributed by atoms with Gasteiger partial charge in [0.2, 0.25) is 0 Å². The Bertz CT molecular complexity index is 828. The second kappa shape index (κ2) is 20.3. The molecule has 1 aromatic carbocycles. The van der Waals surface area contributed by atoms with Crippen LogP contribution in [0.4, 0.5) is 13.2 Å². The standard InChI is InChI=1S/C29H47F3O5S/c1-2-3-4-5-6-7-8-9-10-11-12-13-14-15-16-20-25-36-28(33)27(37-38(34,35)29(30,31)32)24-23-26-21-18-17-19-22-26/h17-19,21-22,27H,2-16,20,23-25H2,1H3. The molecule has 0 aliphatic carbocycles. The molecule has 38 heavy (non-hydrogen) atoms. The van der Waals surface area contributed by atoms with Crippen molar-refractivity contribution in [2.24, 2.45) is 0 Å². The van der Waals surface area contributed by atoms with E-state index in [1.54, 1.807) is 30.3 Å². The van der Waals surface area contributed by atoms with Crippen LogP contribution in [-0.4, -0.2) is 32.6 Å². The van der Waals surface area contributed by atoms with Crippen LogP contribution in [0.1, 0.15) is 122 Å². The largest absolute Gasteiger partial charge is 0.523 e. The zero-order chi connectivity index (χ0) is 28.1. The van der Waals surface area contributed by atoms with Crippen LogP contribution in [0.3, 0.4) is 0 Å². The quantitative estimate of drug-likeness (QED) is 0.0576. The summed E-state index contributed by atoms with van der Waals surface area (Å²) in [5.74, 6) is -1.09. The van der Waals surface area contributed by atoms with Crippen LogP contribution in [0.25, 0.3) is 0 Å². The molecule has 0 aliphatic heterocycles. The number of hydrogen-bond acceptors (Lipinski definition) is 5. The number of carbonyl (C=O) groups excluding carboxylic acids is 1. The topological polar surface area (TPSA) is 69.7 Å². The molecule has 5 nitrogen and oxygen atoms in total. The number of hydrogen-bond donors (Lipinski definition) is 0. The van der Waals surface area contributed by atoms with Gasteiger partial charge >= 0.3 is 21.6 Å². The van der Waals surface area contributed by atoms with E-state index >= 15 is 0 Å². The van der Waals surface area contributed by atoms with E-state index in [1.807, 2.05) is 0 Å². The Morgan fingerprint density at radius 2 is 1.21 bits per heavy atom. The van der Waals surface area contributed by atoms with Crippen molar-refractivity contribution in [2.75, 3.05) is 6.61 Å². The molecule has 0 aromatic heterocycles. The molecule has 0 aliphatic rings. The molecule has 0 radical (unpaired) electrons. The van der Waals surface area contributed by atoms with Crippen molar-refractivity contribution in [3.63, 3.8) is 0 Å². The van der Waals surface area contributed by atoms with Crippen LogP contribution in [0.15, 0.2) is 30.3 Å². The average molecular weight is 565 g/mol. The van der Waals surface area contributed by atoms with E-state index < -0.39 is 27.7 Å². The zero-order valence-corrected chi connectivity index (χ0v) is 23.8. The summed E-state index contributed by atoms with van der Waals surface area (Å²) >= 11 is 0. The Hall–Kier alpha value is -1.61. The first-order valence-corrected chi connectivity index (χ1v) is 15.8. The minimum absolute atomic E-state index is 0.0224. The van der Waals surface area contributed by atoms with E-state index in [9.17, 15) is 26.4 Å². The summed E-state index contributed by atoms with van der Waals surface area (Å²) in [6.07, 6.45) is 17.3. The maximum atomic E-state index is 12.8. The molecule has 0 saturated heterocycles.